The third-order valence-electron chi connectivity index (χ3n) is 5.46. The number of anilines is 3. The van der Waals surface area contributed by atoms with Crippen LogP contribution in [-0.2, 0) is 9.59 Å². The highest BCUT2D eigenvalue weighted by Crippen LogP contribution is 2.31. The van der Waals surface area contributed by atoms with Gasteiger partial charge in [-0.2, -0.15) is 0 Å². The van der Waals surface area contributed by atoms with Crippen molar-refractivity contribution >= 4 is 46.4 Å². The van der Waals surface area contributed by atoms with Crippen molar-refractivity contribution in [3.05, 3.63) is 95.2 Å². The van der Waals surface area contributed by atoms with E-state index in [4.69, 9.17) is 16.3 Å². The number of amides is 3. The van der Waals surface area contributed by atoms with Crippen LogP contribution in [0.25, 0.3) is 0 Å². The first-order valence-electron chi connectivity index (χ1n) is 11.2. The fourth-order valence-corrected chi connectivity index (χ4v) is 3.96. The second kappa shape index (κ2) is 10.4. The van der Waals surface area contributed by atoms with Gasteiger partial charge in [-0.05, 0) is 74.5 Å². The minimum absolute atomic E-state index is 0.0240. The summed E-state index contributed by atoms with van der Waals surface area (Å²) in [5, 5.41) is 2.73. The van der Waals surface area contributed by atoms with Crippen molar-refractivity contribution in [3.8, 4) is 5.75 Å². The van der Waals surface area contributed by atoms with E-state index in [1.165, 1.54) is 0 Å². The van der Waals surface area contributed by atoms with Gasteiger partial charge in [-0.15, -0.1) is 0 Å². The Labute approximate surface area is 208 Å². The number of carbonyl (C=O) groups is 3. The Bertz CT molecular complexity index is 1270. The van der Waals surface area contributed by atoms with E-state index < -0.39 is 11.8 Å². The van der Waals surface area contributed by atoms with Crippen molar-refractivity contribution in [2.24, 2.45) is 0 Å². The summed E-state index contributed by atoms with van der Waals surface area (Å²) < 4.78 is 5.41. The number of benzene rings is 3. The van der Waals surface area contributed by atoms with Gasteiger partial charge in [-0.1, -0.05) is 29.8 Å². The van der Waals surface area contributed by atoms with Crippen LogP contribution in [0.3, 0.4) is 0 Å². The molecule has 0 saturated carbocycles. The maximum absolute atomic E-state index is 13.0. The van der Waals surface area contributed by atoms with Gasteiger partial charge in [0, 0.05) is 23.5 Å². The molecular weight excluding hydrogens is 466 g/mol. The summed E-state index contributed by atoms with van der Waals surface area (Å²) >= 11 is 6.23. The summed E-state index contributed by atoms with van der Waals surface area (Å²) in [5.74, 6) is -0.685. The minimum Gasteiger partial charge on any atom is -0.494 e. The minimum atomic E-state index is -0.614. The van der Waals surface area contributed by atoms with Crippen LogP contribution < -0.4 is 19.9 Å². The molecule has 0 fully saturated rings. The van der Waals surface area contributed by atoms with Crippen LogP contribution in [0.4, 0.5) is 17.1 Å². The summed E-state index contributed by atoms with van der Waals surface area (Å²) in [4.78, 5) is 41.4. The number of nitrogens with zero attached hydrogens (tertiary/aromatic N) is 2. The zero-order valence-corrected chi connectivity index (χ0v) is 20.1. The Morgan fingerprint density at radius 3 is 2.17 bits per heavy atom. The first-order chi connectivity index (χ1) is 16.9. The third-order valence-corrected chi connectivity index (χ3v) is 5.81. The van der Waals surface area contributed by atoms with Gasteiger partial charge in [0.05, 0.1) is 12.3 Å². The molecule has 1 N–H and O–H groups in total. The molecule has 3 aromatic rings. The molecule has 0 bridgehead atoms. The number of ether oxygens (including phenoxy) is 1. The van der Waals surface area contributed by atoms with Gasteiger partial charge in [-0.3, -0.25) is 14.4 Å². The molecule has 0 radical (unpaired) electrons. The Morgan fingerprint density at radius 1 is 0.914 bits per heavy atom. The van der Waals surface area contributed by atoms with Crippen LogP contribution in [0.5, 0.6) is 5.75 Å². The van der Waals surface area contributed by atoms with Gasteiger partial charge in [0.1, 0.15) is 16.5 Å². The number of halogens is 1. The van der Waals surface area contributed by atoms with Crippen LogP contribution >= 0.6 is 11.6 Å². The Hall–Kier alpha value is -4.10. The summed E-state index contributed by atoms with van der Waals surface area (Å²) in [7, 11) is 0. The molecule has 0 spiro atoms. The fourth-order valence-electron chi connectivity index (χ4n) is 3.75. The molecule has 3 aromatic carbocycles. The topological polar surface area (TPSA) is 79.0 Å². The molecule has 35 heavy (non-hydrogen) atoms. The van der Waals surface area contributed by atoms with Crippen LogP contribution in [0.15, 0.2) is 89.6 Å². The molecule has 0 aliphatic carbocycles. The molecular formula is C27H24ClN3O4. The lowest BCUT2D eigenvalue weighted by Crippen LogP contribution is -2.32. The van der Waals surface area contributed by atoms with E-state index in [2.05, 4.69) is 5.32 Å². The van der Waals surface area contributed by atoms with Gasteiger partial charge in [0.25, 0.3) is 17.7 Å². The fraction of sp³-hybridized carbons (Fsp3) is 0.148. The number of nitrogens with one attached hydrogen (secondary N) is 1. The second-order valence-corrected chi connectivity index (χ2v) is 8.03. The number of para-hydroxylation sites is 1. The molecule has 1 aliphatic rings. The van der Waals surface area contributed by atoms with Crippen LogP contribution in [0.2, 0.25) is 0 Å². The monoisotopic (exact) mass is 489 g/mol. The summed E-state index contributed by atoms with van der Waals surface area (Å²) in [6.45, 7) is 4.81. The van der Waals surface area contributed by atoms with Gasteiger partial charge in [0.15, 0.2) is 0 Å². The van der Waals surface area contributed by atoms with E-state index in [0.717, 1.165) is 10.6 Å². The van der Waals surface area contributed by atoms with Gasteiger partial charge in [0.2, 0.25) is 0 Å². The van der Waals surface area contributed by atoms with Crippen molar-refractivity contribution in [1.29, 1.82) is 0 Å². The Balaban J connectivity index is 1.49. The molecule has 7 nitrogen and oxygen atoms in total. The third kappa shape index (κ3) is 4.90. The SMILES string of the molecule is CCOc1ccc(N2C(=O)C(Cl)=C(Nc3ccc(C(=O)N(CC)c4ccccc4)cc3)C2=O)cc1. The number of hydrogen-bond acceptors (Lipinski definition) is 5. The number of carbonyl (C=O) groups excluding carboxylic acids is 3. The van der Waals surface area contributed by atoms with E-state index >= 15 is 0 Å². The van der Waals surface area contributed by atoms with Crippen LogP contribution in [-0.4, -0.2) is 30.9 Å². The first-order valence-corrected chi connectivity index (χ1v) is 11.6. The molecule has 0 unspecified atom stereocenters. The maximum atomic E-state index is 13.0. The molecule has 8 heteroatoms. The van der Waals surface area contributed by atoms with Crippen LogP contribution in [0.1, 0.15) is 24.2 Å². The quantitative estimate of drug-likeness (QED) is 0.441. The van der Waals surface area contributed by atoms with E-state index in [-0.39, 0.29) is 16.6 Å². The highest BCUT2D eigenvalue weighted by atomic mass is 35.5. The summed E-state index contributed by atoms with van der Waals surface area (Å²) in [6.07, 6.45) is 0. The van der Waals surface area contributed by atoms with Gasteiger partial charge < -0.3 is 15.0 Å². The largest absolute Gasteiger partial charge is 0.494 e. The first kappa shape index (κ1) is 24.0. The lowest BCUT2D eigenvalue weighted by atomic mass is 10.1. The predicted octanol–water partition coefficient (Wildman–Crippen LogP) is 5.19. The smallest absolute Gasteiger partial charge is 0.283 e. The molecule has 0 aromatic heterocycles. The lowest BCUT2D eigenvalue weighted by Gasteiger charge is -2.21. The van der Waals surface area contributed by atoms with Crippen molar-refractivity contribution < 1.29 is 19.1 Å². The Morgan fingerprint density at radius 2 is 1.57 bits per heavy atom. The van der Waals surface area contributed by atoms with E-state index in [1.807, 2.05) is 44.2 Å². The molecule has 178 valence electrons. The van der Waals surface area contributed by atoms with E-state index in [9.17, 15) is 14.4 Å². The Kier molecular flexibility index (Phi) is 7.17. The average Bonchev–Trinajstić information content (AvgIpc) is 3.09. The van der Waals surface area contributed by atoms with Crippen molar-refractivity contribution in [1.82, 2.24) is 0 Å². The zero-order chi connectivity index (χ0) is 24.9. The highest BCUT2D eigenvalue weighted by molar-refractivity contribution is 6.53. The number of rotatable bonds is 8. The van der Waals surface area contributed by atoms with Crippen LogP contribution in [0, 0.1) is 0 Å². The number of hydrogen-bond donors (Lipinski definition) is 1. The summed E-state index contributed by atoms with van der Waals surface area (Å²) in [6, 6.07) is 22.7. The van der Waals surface area contributed by atoms with Crippen molar-refractivity contribution in [3.63, 3.8) is 0 Å². The van der Waals surface area contributed by atoms with E-state index in [1.54, 1.807) is 53.4 Å². The van der Waals surface area contributed by atoms with Crippen molar-refractivity contribution in [2.75, 3.05) is 28.3 Å². The zero-order valence-electron chi connectivity index (χ0n) is 19.3. The average molecular weight is 490 g/mol. The second-order valence-electron chi connectivity index (χ2n) is 7.65. The van der Waals surface area contributed by atoms with Crippen molar-refractivity contribution in [2.45, 2.75) is 13.8 Å². The van der Waals surface area contributed by atoms with E-state index in [0.29, 0.717) is 35.8 Å². The van der Waals surface area contributed by atoms with Gasteiger partial charge >= 0.3 is 0 Å². The number of imide groups is 1. The summed E-state index contributed by atoms with van der Waals surface area (Å²) in [5.41, 5.74) is 2.19. The van der Waals surface area contributed by atoms with Gasteiger partial charge in [-0.25, -0.2) is 4.90 Å². The molecule has 1 aliphatic heterocycles. The molecule has 4 rings (SSSR count). The highest BCUT2D eigenvalue weighted by Gasteiger charge is 2.39. The predicted molar refractivity (Wildman–Crippen MR) is 137 cm³/mol. The normalized spacial score (nSPS) is 13.3. The molecule has 1 heterocycles. The molecule has 0 saturated heterocycles. The standard InChI is InChI=1S/C27H24ClN3O4/c1-3-30(20-8-6-5-7-9-20)25(32)18-10-12-19(13-11-18)29-24-23(28)26(33)31(27(24)34)21-14-16-22(17-15-21)35-4-2/h5-17,29H,3-4H2,1-2H3. The lowest BCUT2D eigenvalue weighted by molar-refractivity contribution is -0.120. The maximum Gasteiger partial charge on any atom is 0.283 e. The molecule has 0 atom stereocenters. The molecule has 3 amide bonds.